The molecular weight excluding hydrogens is 196 g/mol. The van der Waals surface area contributed by atoms with E-state index in [4.69, 9.17) is 17.3 Å². The summed E-state index contributed by atoms with van der Waals surface area (Å²) in [7, 11) is 0. The molecule has 0 bridgehead atoms. The first-order chi connectivity index (χ1) is 6.75. The zero-order chi connectivity index (χ0) is 10.4. The van der Waals surface area contributed by atoms with Crippen LogP contribution in [0.4, 0.5) is 5.69 Å². The molecular formula is C11H17ClN2. The lowest BCUT2D eigenvalue weighted by atomic mass is 10.2. The molecule has 0 aliphatic carbocycles. The molecule has 0 saturated heterocycles. The molecule has 1 rings (SSSR count). The average molecular weight is 213 g/mol. The van der Waals surface area contributed by atoms with Gasteiger partial charge in [0.15, 0.2) is 0 Å². The maximum atomic E-state index is 5.99. The van der Waals surface area contributed by atoms with Gasteiger partial charge >= 0.3 is 0 Å². The topological polar surface area (TPSA) is 38.0 Å². The van der Waals surface area contributed by atoms with E-state index in [1.165, 1.54) is 0 Å². The largest absolute Gasteiger partial charge is 0.385 e. The highest BCUT2D eigenvalue weighted by molar-refractivity contribution is 6.31. The van der Waals surface area contributed by atoms with Gasteiger partial charge in [-0.3, -0.25) is 0 Å². The summed E-state index contributed by atoms with van der Waals surface area (Å²) < 4.78 is 0. The van der Waals surface area contributed by atoms with Gasteiger partial charge in [0.25, 0.3) is 0 Å². The molecule has 78 valence electrons. The highest BCUT2D eigenvalue weighted by atomic mass is 35.5. The Hall–Kier alpha value is -0.730. The molecule has 0 radical (unpaired) electrons. The summed E-state index contributed by atoms with van der Waals surface area (Å²) in [5.41, 5.74) is 7.65. The molecule has 0 amide bonds. The van der Waals surface area contributed by atoms with Gasteiger partial charge in [-0.15, -0.1) is 0 Å². The number of nitrogens with one attached hydrogen (secondary N) is 1. The summed E-state index contributed by atoms with van der Waals surface area (Å²) in [6.07, 6.45) is 2.16. The van der Waals surface area contributed by atoms with E-state index in [0.717, 1.165) is 42.2 Å². The molecule has 0 aliphatic heterocycles. The van der Waals surface area contributed by atoms with Crippen LogP contribution < -0.4 is 11.1 Å². The van der Waals surface area contributed by atoms with Crippen molar-refractivity contribution in [1.82, 2.24) is 0 Å². The zero-order valence-electron chi connectivity index (χ0n) is 8.52. The number of benzene rings is 1. The normalized spacial score (nSPS) is 10.2. The van der Waals surface area contributed by atoms with E-state index in [-0.39, 0.29) is 0 Å². The molecule has 0 unspecified atom stereocenters. The van der Waals surface area contributed by atoms with E-state index >= 15 is 0 Å². The molecule has 0 aliphatic rings. The third-order valence-electron chi connectivity index (χ3n) is 2.21. The maximum Gasteiger partial charge on any atom is 0.0455 e. The van der Waals surface area contributed by atoms with Gasteiger partial charge in [-0.25, -0.2) is 0 Å². The summed E-state index contributed by atoms with van der Waals surface area (Å²) >= 11 is 5.99. The molecule has 14 heavy (non-hydrogen) atoms. The molecule has 1 aromatic rings. The van der Waals surface area contributed by atoms with Crippen LogP contribution in [0, 0.1) is 6.92 Å². The third-order valence-corrected chi connectivity index (χ3v) is 2.62. The second-order valence-electron chi connectivity index (χ2n) is 3.33. The Balaban J connectivity index is 2.46. The Morgan fingerprint density at radius 3 is 2.86 bits per heavy atom. The van der Waals surface area contributed by atoms with Crippen molar-refractivity contribution in [2.75, 3.05) is 18.4 Å². The van der Waals surface area contributed by atoms with Crippen LogP contribution in [-0.2, 0) is 0 Å². The van der Waals surface area contributed by atoms with Gasteiger partial charge in [-0.05, 0) is 44.0 Å². The van der Waals surface area contributed by atoms with Gasteiger partial charge in [0.1, 0.15) is 0 Å². The van der Waals surface area contributed by atoms with Crippen LogP contribution in [0.15, 0.2) is 18.2 Å². The minimum absolute atomic E-state index is 0.760. The average Bonchev–Trinajstić information content (AvgIpc) is 2.19. The van der Waals surface area contributed by atoms with E-state index in [1.807, 2.05) is 25.1 Å². The standard InChI is InChI=1S/C11H17ClN2/c1-9-10(12)5-4-6-11(9)14-8-3-2-7-13/h4-6,14H,2-3,7-8,13H2,1H3. The zero-order valence-corrected chi connectivity index (χ0v) is 9.27. The molecule has 3 N–H and O–H groups in total. The Kier molecular flexibility index (Phi) is 4.77. The van der Waals surface area contributed by atoms with Gasteiger partial charge in [0.05, 0.1) is 0 Å². The molecule has 0 atom stereocenters. The van der Waals surface area contributed by atoms with Crippen molar-refractivity contribution in [2.24, 2.45) is 5.73 Å². The molecule has 0 spiro atoms. The first-order valence-corrected chi connectivity index (χ1v) is 5.32. The van der Waals surface area contributed by atoms with Gasteiger partial charge < -0.3 is 11.1 Å². The number of rotatable bonds is 5. The van der Waals surface area contributed by atoms with Gasteiger partial charge in [0.2, 0.25) is 0 Å². The van der Waals surface area contributed by atoms with Crippen molar-refractivity contribution >= 4 is 17.3 Å². The fourth-order valence-electron chi connectivity index (χ4n) is 1.29. The Bertz CT molecular complexity index is 287. The first kappa shape index (κ1) is 11.3. The molecule has 3 heteroatoms. The van der Waals surface area contributed by atoms with Crippen LogP contribution in [0.3, 0.4) is 0 Å². The summed E-state index contributed by atoms with van der Waals surface area (Å²) in [6, 6.07) is 5.91. The lowest BCUT2D eigenvalue weighted by Gasteiger charge is -2.09. The van der Waals surface area contributed by atoms with E-state index < -0.39 is 0 Å². The number of anilines is 1. The smallest absolute Gasteiger partial charge is 0.0455 e. The fourth-order valence-corrected chi connectivity index (χ4v) is 1.47. The quantitative estimate of drug-likeness (QED) is 0.737. The summed E-state index contributed by atoms with van der Waals surface area (Å²) in [5, 5.41) is 4.16. The highest BCUT2D eigenvalue weighted by Gasteiger charge is 1.99. The summed E-state index contributed by atoms with van der Waals surface area (Å²) in [5.74, 6) is 0. The van der Waals surface area contributed by atoms with E-state index in [2.05, 4.69) is 5.32 Å². The summed E-state index contributed by atoms with van der Waals surface area (Å²) in [6.45, 7) is 3.74. The molecule has 0 aromatic heterocycles. The number of halogens is 1. The van der Waals surface area contributed by atoms with Gasteiger partial charge in [-0.2, -0.15) is 0 Å². The molecule has 2 nitrogen and oxygen atoms in total. The molecule has 0 saturated carbocycles. The number of hydrogen-bond donors (Lipinski definition) is 2. The Morgan fingerprint density at radius 1 is 1.36 bits per heavy atom. The third kappa shape index (κ3) is 3.20. The maximum absolute atomic E-state index is 5.99. The number of nitrogens with two attached hydrogens (primary N) is 1. The van der Waals surface area contributed by atoms with E-state index in [0.29, 0.717) is 0 Å². The second-order valence-corrected chi connectivity index (χ2v) is 3.74. The van der Waals surface area contributed by atoms with Crippen LogP contribution >= 0.6 is 11.6 Å². The summed E-state index contributed by atoms with van der Waals surface area (Å²) in [4.78, 5) is 0. The minimum Gasteiger partial charge on any atom is -0.385 e. The lowest BCUT2D eigenvalue weighted by molar-refractivity contribution is 0.774. The van der Waals surface area contributed by atoms with Gasteiger partial charge in [-0.1, -0.05) is 17.7 Å². The highest BCUT2D eigenvalue weighted by Crippen LogP contribution is 2.22. The number of unbranched alkanes of at least 4 members (excludes halogenated alkanes) is 1. The lowest BCUT2D eigenvalue weighted by Crippen LogP contribution is -2.06. The SMILES string of the molecule is Cc1c(Cl)cccc1NCCCCN. The van der Waals surface area contributed by atoms with Crippen LogP contribution in [0.25, 0.3) is 0 Å². The van der Waals surface area contributed by atoms with Crippen molar-refractivity contribution in [3.8, 4) is 0 Å². The van der Waals surface area contributed by atoms with Crippen molar-refractivity contribution in [3.05, 3.63) is 28.8 Å². The van der Waals surface area contributed by atoms with Crippen molar-refractivity contribution in [3.63, 3.8) is 0 Å². The van der Waals surface area contributed by atoms with E-state index in [9.17, 15) is 0 Å². The Labute approximate surface area is 90.4 Å². The second kappa shape index (κ2) is 5.89. The van der Waals surface area contributed by atoms with Crippen LogP contribution in [0.2, 0.25) is 5.02 Å². The van der Waals surface area contributed by atoms with Crippen molar-refractivity contribution in [2.45, 2.75) is 19.8 Å². The van der Waals surface area contributed by atoms with Gasteiger partial charge in [0, 0.05) is 17.3 Å². The van der Waals surface area contributed by atoms with Crippen LogP contribution in [0.1, 0.15) is 18.4 Å². The van der Waals surface area contributed by atoms with Crippen molar-refractivity contribution in [1.29, 1.82) is 0 Å². The Morgan fingerprint density at radius 2 is 2.14 bits per heavy atom. The predicted molar refractivity (Wildman–Crippen MR) is 63.0 cm³/mol. The predicted octanol–water partition coefficient (Wildman–Crippen LogP) is 2.80. The van der Waals surface area contributed by atoms with Crippen molar-refractivity contribution < 1.29 is 0 Å². The van der Waals surface area contributed by atoms with Crippen LogP contribution in [0.5, 0.6) is 0 Å². The van der Waals surface area contributed by atoms with Crippen LogP contribution in [-0.4, -0.2) is 13.1 Å². The minimum atomic E-state index is 0.760. The molecule has 0 fully saturated rings. The molecule has 0 heterocycles. The first-order valence-electron chi connectivity index (χ1n) is 4.94. The molecule has 1 aromatic carbocycles. The van der Waals surface area contributed by atoms with E-state index in [1.54, 1.807) is 0 Å². The monoisotopic (exact) mass is 212 g/mol. The fraction of sp³-hybridized carbons (Fsp3) is 0.455. The number of hydrogen-bond acceptors (Lipinski definition) is 2.